The zero-order chi connectivity index (χ0) is 10.6. The first-order valence-electron chi connectivity index (χ1n) is 4.21. The van der Waals surface area contributed by atoms with Crippen LogP contribution in [0.5, 0.6) is 0 Å². The Morgan fingerprint density at radius 3 is 2.71 bits per heavy atom. The van der Waals surface area contributed by atoms with Crippen LogP contribution in [-0.4, -0.2) is 36.4 Å². The number of carbonyl (C=O) groups is 1. The molecule has 0 aliphatic carbocycles. The Hall–Kier alpha value is -1.62. The van der Waals surface area contributed by atoms with Crippen LogP contribution in [0.2, 0.25) is 0 Å². The molecule has 0 aromatic carbocycles. The molecule has 1 rings (SSSR count). The normalized spacial score (nSPS) is 10.2. The highest BCUT2D eigenvalue weighted by atomic mass is 16.2. The van der Waals surface area contributed by atoms with Crippen molar-refractivity contribution in [1.29, 1.82) is 0 Å². The molecule has 0 aliphatic rings. The Balaban J connectivity index is 2.56. The Morgan fingerprint density at radius 2 is 2.21 bits per heavy atom. The third kappa shape index (κ3) is 3.40. The van der Waals surface area contributed by atoms with Crippen LogP contribution in [0.3, 0.4) is 0 Å². The minimum Gasteiger partial charge on any atom is -0.327 e. The molecule has 1 aromatic rings. The molecular formula is C9H13N3O2. The number of aromatic amines is 1. The summed E-state index contributed by atoms with van der Waals surface area (Å²) in [6, 6.07) is 2.93. The van der Waals surface area contributed by atoms with Crippen LogP contribution in [0, 0.1) is 0 Å². The Kier molecular flexibility index (Phi) is 3.41. The van der Waals surface area contributed by atoms with Gasteiger partial charge in [-0.3, -0.25) is 9.59 Å². The topological polar surface area (TPSA) is 65.2 Å². The summed E-state index contributed by atoms with van der Waals surface area (Å²) in [5.74, 6) is -0.109. The maximum Gasteiger partial charge on any atom is 0.248 e. The zero-order valence-electron chi connectivity index (χ0n) is 8.20. The van der Waals surface area contributed by atoms with Crippen molar-refractivity contribution in [3.8, 4) is 0 Å². The van der Waals surface area contributed by atoms with Crippen molar-refractivity contribution in [3.05, 3.63) is 28.7 Å². The highest BCUT2D eigenvalue weighted by Gasteiger charge is 2.02. The molecule has 1 heterocycles. The minimum atomic E-state index is -0.185. The van der Waals surface area contributed by atoms with Crippen molar-refractivity contribution in [3.63, 3.8) is 0 Å². The molecule has 1 amide bonds. The van der Waals surface area contributed by atoms with Gasteiger partial charge in [0, 0.05) is 12.3 Å². The van der Waals surface area contributed by atoms with Gasteiger partial charge in [0.2, 0.25) is 11.5 Å². The lowest BCUT2D eigenvalue weighted by Crippen LogP contribution is -2.27. The molecule has 14 heavy (non-hydrogen) atoms. The van der Waals surface area contributed by atoms with Crippen LogP contribution in [0.25, 0.3) is 0 Å². The zero-order valence-corrected chi connectivity index (χ0v) is 8.20. The number of amides is 1. The molecule has 0 saturated carbocycles. The second-order valence-corrected chi connectivity index (χ2v) is 3.23. The number of aromatic nitrogens is 1. The van der Waals surface area contributed by atoms with Crippen molar-refractivity contribution in [2.45, 2.75) is 0 Å². The number of hydrogen-bond acceptors (Lipinski definition) is 3. The van der Waals surface area contributed by atoms with Gasteiger partial charge in [-0.1, -0.05) is 0 Å². The van der Waals surface area contributed by atoms with E-state index in [-0.39, 0.29) is 11.5 Å². The number of pyridine rings is 1. The van der Waals surface area contributed by atoms with Crippen LogP contribution in [0.15, 0.2) is 23.1 Å². The quantitative estimate of drug-likeness (QED) is 0.706. The maximum absolute atomic E-state index is 11.3. The number of likely N-dealkylation sites (N-methyl/N-ethyl adjacent to an activating group) is 1. The highest BCUT2D eigenvalue weighted by molar-refractivity contribution is 5.91. The van der Waals surface area contributed by atoms with Crippen molar-refractivity contribution >= 4 is 11.6 Å². The minimum absolute atomic E-state index is 0.109. The standard InChI is InChI=1S/C9H13N3O2/c1-12(2)6-9(14)11-7-3-4-8(13)10-5-7/h3-5H,6H2,1-2H3,(H,10,13)(H,11,14). The van der Waals surface area contributed by atoms with E-state index in [1.165, 1.54) is 12.3 Å². The summed E-state index contributed by atoms with van der Waals surface area (Å²) >= 11 is 0. The molecule has 5 nitrogen and oxygen atoms in total. The largest absolute Gasteiger partial charge is 0.327 e. The summed E-state index contributed by atoms with van der Waals surface area (Å²) in [7, 11) is 3.62. The summed E-state index contributed by atoms with van der Waals surface area (Å²) in [6.45, 7) is 0.319. The molecule has 0 unspecified atom stereocenters. The van der Waals surface area contributed by atoms with Gasteiger partial charge in [-0.2, -0.15) is 0 Å². The highest BCUT2D eigenvalue weighted by Crippen LogP contribution is 1.99. The molecule has 0 aliphatic heterocycles. The number of rotatable bonds is 3. The SMILES string of the molecule is CN(C)CC(=O)Nc1ccc(=O)[nH]c1. The van der Waals surface area contributed by atoms with Crippen LogP contribution in [0.4, 0.5) is 5.69 Å². The molecule has 0 fully saturated rings. The van der Waals surface area contributed by atoms with Gasteiger partial charge in [-0.25, -0.2) is 0 Å². The Labute approximate surface area is 81.7 Å². The van der Waals surface area contributed by atoms with Gasteiger partial charge in [-0.05, 0) is 20.2 Å². The molecule has 0 atom stereocenters. The number of carbonyl (C=O) groups excluding carboxylic acids is 1. The van der Waals surface area contributed by atoms with E-state index < -0.39 is 0 Å². The predicted molar refractivity (Wildman–Crippen MR) is 54.2 cm³/mol. The molecule has 0 saturated heterocycles. The van der Waals surface area contributed by atoms with Gasteiger partial charge in [0.15, 0.2) is 0 Å². The van der Waals surface area contributed by atoms with Gasteiger partial charge in [0.25, 0.3) is 0 Å². The third-order valence-corrected chi connectivity index (χ3v) is 1.53. The number of anilines is 1. The molecule has 2 N–H and O–H groups in total. The van der Waals surface area contributed by atoms with Gasteiger partial charge in [0.1, 0.15) is 0 Å². The van der Waals surface area contributed by atoms with E-state index in [0.29, 0.717) is 12.2 Å². The molecule has 0 radical (unpaired) electrons. The van der Waals surface area contributed by atoms with E-state index in [4.69, 9.17) is 0 Å². The van der Waals surface area contributed by atoms with E-state index in [0.717, 1.165) is 0 Å². The average molecular weight is 195 g/mol. The summed E-state index contributed by atoms with van der Waals surface area (Å²) in [4.78, 5) is 26.2. The third-order valence-electron chi connectivity index (χ3n) is 1.53. The van der Waals surface area contributed by atoms with Crippen molar-refractivity contribution in [1.82, 2.24) is 9.88 Å². The van der Waals surface area contributed by atoms with Crippen molar-refractivity contribution < 1.29 is 4.79 Å². The first kappa shape index (κ1) is 10.5. The first-order valence-corrected chi connectivity index (χ1v) is 4.21. The fourth-order valence-electron chi connectivity index (χ4n) is 0.976. The molecule has 1 aromatic heterocycles. The predicted octanol–water partition coefficient (Wildman–Crippen LogP) is -0.125. The molecular weight excluding hydrogens is 182 g/mol. The van der Waals surface area contributed by atoms with E-state index in [9.17, 15) is 9.59 Å². The number of hydrogen-bond donors (Lipinski definition) is 2. The number of nitrogens with one attached hydrogen (secondary N) is 2. The number of H-pyrrole nitrogens is 1. The lowest BCUT2D eigenvalue weighted by molar-refractivity contribution is -0.116. The fourth-order valence-corrected chi connectivity index (χ4v) is 0.976. The molecule has 0 bridgehead atoms. The molecule has 0 spiro atoms. The van der Waals surface area contributed by atoms with Crippen LogP contribution in [-0.2, 0) is 4.79 Å². The fraction of sp³-hybridized carbons (Fsp3) is 0.333. The summed E-state index contributed by atoms with van der Waals surface area (Å²) in [6.07, 6.45) is 1.47. The molecule has 5 heteroatoms. The monoisotopic (exact) mass is 195 g/mol. The van der Waals surface area contributed by atoms with E-state index in [2.05, 4.69) is 10.3 Å². The van der Waals surface area contributed by atoms with Crippen molar-refractivity contribution in [2.75, 3.05) is 26.0 Å². The van der Waals surface area contributed by atoms with Crippen molar-refractivity contribution in [2.24, 2.45) is 0 Å². The summed E-state index contributed by atoms with van der Waals surface area (Å²) in [5, 5.41) is 2.65. The van der Waals surface area contributed by atoms with Gasteiger partial charge < -0.3 is 15.2 Å². The summed E-state index contributed by atoms with van der Waals surface area (Å²) < 4.78 is 0. The number of nitrogens with zero attached hydrogens (tertiary/aromatic N) is 1. The lowest BCUT2D eigenvalue weighted by atomic mass is 10.4. The van der Waals surface area contributed by atoms with E-state index in [1.807, 2.05) is 14.1 Å². The van der Waals surface area contributed by atoms with E-state index >= 15 is 0 Å². The van der Waals surface area contributed by atoms with Crippen LogP contribution < -0.4 is 10.9 Å². The van der Waals surface area contributed by atoms with Gasteiger partial charge in [0.05, 0.1) is 12.2 Å². The van der Waals surface area contributed by atoms with E-state index in [1.54, 1.807) is 11.0 Å². The lowest BCUT2D eigenvalue weighted by Gasteiger charge is -2.09. The van der Waals surface area contributed by atoms with Crippen LogP contribution >= 0.6 is 0 Å². The second kappa shape index (κ2) is 4.57. The Morgan fingerprint density at radius 1 is 1.50 bits per heavy atom. The smallest absolute Gasteiger partial charge is 0.248 e. The van der Waals surface area contributed by atoms with Gasteiger partial charge in [-0.15, -0.1) is 0 Å². The van der Waals surface area contributed by atoms with Crippen LogP contribution in [0.1, 0.15) is 0 Å². The Bertz CT molecular complexity index is 350. The van der Waals surface area contributed by atoms with Gasteiger partial charge >= 0.3 is 0 Å². The first-order chi connectivity index (χ1) is 6.58. The summed E-state index contributed by atoms with van der Waals surface area (Å²) in [5.41, 5.74) is 0.409. The molecule has 76 valence electrons. The second-order valence-electron chi connectivity index (χ2n) is 3.23. The average Bonchev–Trinajstić information content (AvgIpc) is 2.07. The maximum atomic E-state index is 11.3.